The molecule has 6 heteroatoms. The van der Waals surface area contributed by atoms with Crippen LogP contribution >= 0.6 is 24.0 Å². The van der Waals surface area contributed by atoms with E-state index < -0.39 is 0 Å². The van der Waals surface area contributed by atoms with Crippen LogP contribution in [0, 0.1) is 5.41 Å². The molecule has 0 aromatic heterocycles. The molecule has 1 saturated heterocycles. The molecule has 0 aliphatic carbocycles. The maximum absolute atomic E-state index is 9.37. The van der Waals surface area contributed by atoms with E-state index in [4.69, 9.17) is 9.73 Å². The Morgan fingerprint density at radius 3 is 2.58 bits per heavy atom. The number of nitrogens with zero attached hydrogens (tertiary/aromatic N) is 1. The first kappa shape index (κ1) is 23.2. The molecule has 1 aliphatic rings. The molecule has 1 aliphatic heterocycles. The highest BCUT2D eigenvalue weighted by Gasteiger charge is 2.34. The van der Waals surface area contributed by atoms with Gasteiger partial charge in [0.15, 0.2) is 5.96 Å². The Labute approximate surface area is 175 Å². The standard InChI is InChI=1S/C20H33N3O2.HI/c1-4-21-18(23-15-20(10-12-24)11-13-25-16-20)22-14-19(2,3)17-8-6-5-7-9-17;/h5-9,24H,4,10-16H2,1-3H3,(H2,21,22,23);1H. The van der Waals surface area contributed by atoms with Crippen LogP contribution < -0.4 is 10.6 Å². The summed E-state index contributed by atoms with van der Waals surface area (Å²) in [7, 11) is 0. The van der Waals surface area contributed by atoms with Crippen LogP contribution in [0.2, 0.25) is 0 Å². The number of guanidine groups is 1. The van der Waals surface area contributed by atoms with Gasteiger partial charge in [0, 0.05) is 37.1 Å². The lowest BCUT2D eigenvalue weighted by Gasteiger charge is -2.28. The molecule has 0 bridgehead atoms. The molecule has 1 aromatic carbocycles. The van der Waals surface area contributed by atoms with Gasteiger partial charge in [-0.1, -0.05) is 44.2 Å². The van der Waals surface area contributed by atoms with Crippen LogP contribution in [0.15, 0.2) is 35.3 Å². The number of nitrogens with one attached hydrogen (secondary N) is 2. The number of aliphatic hydroxyl groups is 1. The van der Waals surface area contributed by atoms with E-state index in [1.807, 2.05) is 6.07 Å². The van der Waals surface area contributed by atoms with Crippen molar-refractivity contribution in [1.29, 1.82) is 0 Å². The van der Waals surface area contributed by atoms with Gasteiger partial charge in [-0.15, -0.1) is 24.0 Å². The summed E-state index contributed by atoms with van der Waals surface area (Å²) in [4.78, 5) is 4.80. The molecule has 1 fully saturated rings. The fraction of sp³-hybridized carbons (Fsp3) is 0.650. The van der Waals surface area contributed by atoms with E-state index in [0.29, 0.717) is 13.2 Å². The van der Waals surface area contributed by atoms with Crippen LogP contribution in [-0.2, 0) is 10.2 Å². The lowest BCUT2D eigenvalue weighted by Crippen LogP contribution is -2.45. The Balaban J connectivity index is 0.00000338. The molecule has 0 amide bonds. The van der Waals surface area contributed by atoms with E-state index in [1.54, 1.807) is 0 Å². The quantitative estimate of drug-likeness (QED) is 0.308. The summed E-state index contributed by atoms with van der Waals surface area (Å²) in [5.41, 5.74) is 1.28. The molecule has 1 unspecified atom stereocenters. The van der Waals surface area contributed by atoms with Gasteiger partial charge < -0.3 is 20.5 Å². The minimum atomic E-state index is -0.0249. The minimum absolute atomic E-state index is 0. The van der Waals surface area contributed by atoms with Crippen LogP contribution in [0.4, 0.5) is 0 Å². The summed E-state index contributed by atoms with van der Waals surface area (Å²) in [5, 5.41) is 16.2. The zero-order chi connectivity index (χ0) is 18.2. The second-order valence-electron chi connectivity index (χ2n) is 7.57. The zero-order valence-corrected chi connectivity index (χ0v) is 18.6. The smallest absolute Gasteiger partial charge is 0.191 e. The number of aliphatic hydroxyl groups excluding tert-OH is 1. The van der Waals surface area contributed by atoms with Gasteiger partial charge >= 0.3 is 0 Å². The van der Waals surface area contributed by atoms with Crippen LogP contribution in [0.3, 0.4) is 0 Å². The van der Waals surface area contributed by atoms with Crippen molar-refractivity contribution in [3.63, 3.8) is 0 Å². The second kappa shape index (κ2) is 11.1. The van der Waals surface area contributed by atoms with E-state index in [2.05, 4.69) is 55.7 Å². The summed E-state index contributed by atoms with van der Waals surface area (Å²) in [6, 6.07) is 10.5. The van der Waals surface area contributed by atoms with Crippen molar-refractivity contribution in [2.45, 2.75) is 39.0 Å². The predicted molar refractivity (Wildman–Crippen MR) is 118 cm³/mol. The molecular weight excluding hydrogens is 441 g/mol. The van der Waals surface area contributed by atoms with E-state index in [1.165, 1.54) is 5.56 Å². The molecule has 3 N–H and O–H groups in total. The highest BCUT2D eigenvalue weighted by atomic mass is 127. The Morgan fingerprint density at radius 1 is 1.27 bits per heavy atom. The third-order valence-corrected chi connectivity index (χ3v) is 4.99. The first-order valence-corrected chi connectivity index (χ1v) is 9.28. The lowest BCUT2D eigenvalue weighted by molar-refractivity contribution is 0.127. The van der Waals surface area contributed by atoms with Gasteiger partial charge in [-0.3, -0.25) is 4.99 Å². The Hall–Kier alpha value is -0.860. The van der Waals surface area contributed by atoms with E-state index in [9.17, 15) is 5.11 Å². The number of aliphatic imine (C=N–C) groups is 1. The number of hydrogen-bond acceptors (Lipinski definition) is 3. The molecule has 0 saturated carbocycles. The number of benzene rings is 1. The summed E-state index contributed by atoms with van der Waals surface area (Å²) in [6.07, 6.45) is 1.74. The number of ether oxygens (including phenoxy) is 1. The molecule has 1 heterocycles. The van der Waals surface area contributed by atoms with Gasteiger partial charge in [0.25, 0.3) is 0 Å². The van der Waals surface area contributed by atoms with Crippen LogP contribution in [0.5, 0.6) is 0 Å². The topological polar surface area (TPSA) is 65.9 Å². The average Bonchev–Trinajstić information content (AvgIpc) is 3.07. The molecule has 2 rings (SSSR count). The van der Waals surface area contributed by atoms with Crippen molar-refractivity contribution in [3.05, 3.63) is 35.9 Å². The van der Waals surface area contributed by atoms with Gasteiger partial charge in [-0.05, 0) is 25.3 Å². The molecule has 26 heavy (non-hydrogen) atoms. The summed E-state index contributed by atoms with van der Waals surface area (Å²) < 4.78 is 5.57. The second-order valence-corrected chi connectivity index (χ2v) is 7.57. The van der Waals surface area contributed by atoms with Crippen LogP contribution in [0.1, 0.15) is 39.2 Å². The monoisotopic (exact) mass is 475 g/mol. The average molecular weight is 475 g/mol. The number of rotatable bonds is 8. The normalized spacial score (nSPS) is 20.5. The van der Waals surface area contributed by atoms with Crippen molar-refractivity contribution in [3.8, 4) is 0 Å². The van der Waals surface area contributed by atoms with Gasteiger partial charge in [-0.2, -0.15) is 0 Å². The number of halogens is 1. The van der Waals surface area contributed by atoms with Crippen molar-refractivity contribution >= 4 is 29.9 Å². The Bertz CT molecular complexity index is 543. The van der Waals surface area contributed by atoms with Gasteiger partial charge in [0.2, 0.25) is 0 Å². The summed E-state index contributed by atoms with van der Waals surface area (Å²) >= 11 is 0. The van der Waals surface area contributed by atoms with Crippen molar-refractivity contribution < 1.29 is 9.84 Å². The van der Waals surface area contributed by atoms with Gasteiger partial charge in [0.05, 0.1) is 13.2 Å². The third-order valence-electron chi connectivity index (χ3n) is 4.99. The van der Waals surface area contributed by atoms with E-state index >= 15 is 0 Å². The molecule has 0 spiro atoms. The zero-order valence-electron chi connectivity index (χ0n) is 16.3. The molecule has 5 nitrogen and oxygen atoms in total. The number of hydrogen-bond donors (Lipinski definition) is 3. The SMILES string of the molecule is CCNC(=NCC(C)(C)c1ccccc1)NCC1(CCO)CCOC1.I. The fourth-order valence-electron chi connectivity index (χ4n) is 3.18. The first-order valence-electron chi connectivity index (χ1n) is 9.28. The van der Waals surface area contributed by atoms with E-state index in [0.717, 1.165) is 38.5 Å². The third kappa shape index (κ3) is 6.70. The predicted octanol–water partition coefficient (Wildman–Crippen LogP) is 2.93. The largest absolute Gasteiger partial charge is 0.396 e. The lowest BCUT2D eigenvalue weighted by atomic mass is 9.84. The van der Waals surface area contributed by atoms with Crippen LogP contribution in [-0.4, -0.2) is 50.5 Å². The molecule has 148 valence electrons. The van der Waals surface area contributed by atoms with E-state index in [-0.39, 0.29) is 41.4 Å². The first-order chi connectivity index (χ1) is 12.0. The highest BCUT2D eigenvalue weighted by Crippen LogP contribution is 2.31. The van der Waals surface area contributed by atoms with Crippen molar-refractivity contribution in [2.75, 3.05) is 39.5 Å². The molecular formula is C20H34IN3O2. The Morgan fingerprint density at radius 2 is 2.00 bits per heavy atom. The molecule has 1 atom stereocenters. The molecule has 1 aromatic rings. The van der Waals surface area contributed by atoms with Gasteiger partial charge in [-0.25, -0.2) is 0 Å². The van der Waals surface area contributed by atoms with Crippen molar-refractivity contribution in [2.24, 2.45) is 10.4 Å². The minimum Gasteiger partial charge on any atom is -0.396 e. The highest BCUT2D eigenvalue weighted by molar-refractivity contribution is 14.0. The maximum Gasteiger partial charge on any atom is 0.191 e. The maximum atomic E-state index is 9.37. The summed E-state index contributed by atoms with van der Waals surface area (Å²) in [6.45, 7) is 10.5. The Kier molecular flexibility index (Phi) is 9.89. The van der Waals surface area contributed by atoms with Crippen molar-refractivity contribution in [1.82, 2.24) is 10.6 Å². The molecule has 0 radical (unpaired) electrons. The fourth-order valence-corrected chi connectivity index (χ4v) is 3.18. The van der Waals surface area contributed by atoms with Crippen LogP contribution in [0.25, 0.3) is 0 Å². The summed E-state index contributed by atoms with van der Waals surface area (Å²) in [5.74, 6) is 0.829. The van der Waals surface area contributed by atoms with Gasteiger partial charge in [0.1, 0.15) is 0 Å².